The lowest BCUT2D eigenvalue weighted by Crippen LogP contribution is -3.13. The summed E-state index contributed by atoms with van der Waals surface area (Å²) in [6.07, 6.45) is 0. The number of anilines is 1. The lowest BCUT2D eigenvalue weighted by atomic mass is 10.1. The normalized spacial score (nSPS) is 15.2. The van der Waals surface area contributed by atoms with Gasteiger partial charge in [0.25, 0.3) is 0 Å². The Kier molecular flexibility index (Phi) is 6.18. The zero-order valence-corrected chi connectivity index (χ0v) is 15.3. The molecule has 1 saturated heterocycles. The van der Waals surface area contributed by atoms with E-state index in [4.69, 9.17) is 9.47 Å². The quantitative estimate of drug-likeness (QED) is 0.837. The Morgan fingerprint density at radius 3 is 2.24 bits per heavy atom. The number of piperazine rings is 1. The second-order valence-corrected chi connectivity index (χ2v) is 6.39. The maximum atomic E-state index is 5.78. The van der Waals surface area contributed by atoms with E-state index in [-0.39, 0.29) is 0 Å². The highest BCUT2D eigenvalue weighted by Gasteiger charge is 2.22. The van der Waals surface area contributed by atoms with Gasteiger partial charge in [0.05, 0.1) is 45.1 Å². The van der Waals surface area contributed by atoms with Gasteiger partial charge < -0.3 is 19.3 Å². The Labute approximate surface area is 151 Å². The first-order valence-electron chi connectivity index (χ1n) is 9.32. The standard InChI is InChI=1S/C21H28N2O2/c1-3-24-19-11-9-18(10-12-19)17-22-13-15-23(16-14-22)20-7-5-6-8-21(20)25-4-2/h5-12H,3-4,13-17H2,1-2H3/p+1. The largest absolute Gasteiger partial charge is 0.494 e. The van der Waals surface area contributed by atoms with Gasteiger partial charge in [-0.3, -0.25) is 0 Å². The topological polar surface area (TPSA) is 26.1 Å². The molecule has 0 unspecified atom stereocenters. The van der Waals surface area contributed by atoms with Crippen LogP contribution in [0.15, 0.2) is 48.5 Å². The predicted octanol–water partition coefficient (Wildman–Crippen LogP) is 2.39. The summed E-state index contributed by atoms with van der Waals surface area (Å²) in [6, 6.07) is 16.9. The van der Waals surface area contributed by atoms with Crippen LogP contribution in [0.4, 0.5) is 5.69 Å². The van der Waals surface area contributed by atoms with Crippen LogP contribution in [0.25, 0.3) is 0 Å². The molecule has 0 bridgehead atoms. The number of ether oxygens (including phenoxy) is 2. The number of hydrogen-bond acceptors (Lipinski definition) is 3. The molecule has 1 N–H and O–H groups in total. The van der Waals surface area contributed by atoms with Gasteiger partial charge in [-0.15, -0.1) is 0 Å². The molecule has 2 aromatic carbocycles. The monoisotopic (exact) mass is 341 g/mol. The summed E-state index contributed by atoms with van der Waals surface area (Å²) >= 11 is 0. The van der Waals surface area contributed by atoms with Crippen molar-refractivity contribution in [1.29, 1.82) is 0 Å². The van der Waals surface area contributed by atoms with Crippen molar-refractivity contribution in [1.82, 2.24) is 0 Å². The Morgan fingerprint density at radius 1 is 0.880 bits per heavy atom. The molecule has 2 aromatic rings. The molecule has 0 aromatic heterocycles. The summed E-state index contributed by atoms with van der Waals surface area (Å²) in [4.78, 5) is 4.08. The summed E-state index contributed by atoms with van der Waals surface area (Å²) < 4.78 is 11.3. The third-order valence-electron chi connectivity index (χ3n) is 4.66. The number of nitrogens with zero attached hydrogens (tertiary/aromatic N) is 1. The van der Waals surface area contributed by atoms with Crippen LogP contribution in [0.3, 0.4) is 0 Å². The molecule has 4 nitrogen and oxygen atoms in total. The van der Waals surface area contributed by atoms with Gasteiger partial charge in [0.2, 0.25) is 0 Å². The van der Waals surface area contributed by atoms with Crippen LogP contribution in [0.1, 0.15) is 19.4 Å². The third-order valence-corrected chi connectivity index (χ3v) is 4.66. The van der Waals surface area contributed by atoms with Crippen LogP contribution in [-0.4, -0.2) is 39.4 Å². The average molecular weight is 341 g/mol. The van der Waals surface area contributed by atoms with Crippen molar-refractivity contribution >= 4 is 5.69 Å². The molecular weight excluding hydrogens is 312 g/mol. The highest BCUT2D eigenvalue weighted by atomic mass is 16.5. The molecule has 0 amide bonds. The van der Waals surface area contributed by atoms with Gasteiger partial charge >= 0.3 is 0 Å². The summed E-state index contributed by atoms with van der Waals surface area (Å²) in [6.45, 7) is 11.0. The van der Waals surface area contributed by atoms with Crippen molar-refractivity contribution in [2.75, 3.05) is 44.3 Å². The van der Waals surface area contributed by atoms with E-state index in [0.717, 1.165) is 50.8 Å². The van der Waals surface area contributed by atoms with E-state index in [1.165, 1.54) is 11.3 Å². The van der Waals surface area contributed by atoms with E-state index in [0.29, 0.717) is 6.61 Å². The maximum absolute atomic E-state index is 5.78. The Balaban J connectivity index is 1.55. The van der Waals surface area contributed by atoms with Gasteiger partial charge in [0.1, 0.15) is 18.0 Å². The number of nitrogens with one attached hydrogen (secondary N) is 1. The highest BCUT2D eigenvalue weighted by molar-refractivity contribution is 5.58. The highest BCUT2D eigenvalue weighted by Crippen LogP contribution is 2.27. The molecule has 0 saturated carbocycles. The van der Waals surface area contributed by atoms with Crippen LogP contribution in [0.2, 0.25) is 0 Å². The van der Waals surface area contributed by atoms with Crippen molar-refractivity contribution in [2.45, 2.75) is 20.4 Å². The first kappa shape index (κ1) is 17.6. The molecule has 0 atom stereocenters. The summed E-state index contributed by atoms with van der Waals surface area (Å²) in [5.74, 6) is 1.96. The molecule has 3 rings (SSSR count). The molecule has 25 heavy (non-hydrogen) atoms. The molecular formula is C21H29N2O2+. The lowest BCUT2D eigenvalue weighted by molar-refractivity contribution is -0.914. The van der Waals surface area contributed by atoms with Crippen molar-refractivity contribution in [3.8, 4) is 11.5 Å². The summed E-state index contributed by atoms with van der Waals surface area (Å²) in [7, 11) is 0. The molecule has 1 aliphatic heterocycles. The Hall–Kier alpha value is -2.20. The van der Waals surface area contributed by atoms with Crippen LogP contribution < -0.4 is 19.3 Å². The van der Waals surface area contributed by atoms with E-state index in [1.54, 1.807) is 4.90 Å². The molecule has 0 aliphatic carbocycles. The Bertz CT molecular complexity index is 649. The summed E-state index contributed by atoms with van der Waals surface area (Å²) in [5.41, 5.74) is 2.60. The molecule has 1 aliphatic rings. The van der Waals surface area contributed by atoms with Gasteiger partial charge in [-0.2, -0.15) is 0 Å². The average Bonchev–Trinajstić information content (AvgIpc) is 2.65. The van der Waals surface area contributed by atoms with Gasteiger partial charge in [0, 0.05) is 5.56 Å². The number of rotatable bonds is 7. The predicted molar refractivity (Wildman–Crippen MR) is 102 cm³/mol. The van der Waals surface area contributed by atoms with Gasteiger partial charge in [-0.25, -0.2) is 0 Å². The van der Waals surface area contributed by atoms with Gasteiger partial charge in [-0.1, -0.05) is 12.1 Å². The third kappa shape index (κ3) is 4.67. The van der Waals surface area contributed by atoms with E-state index in [9.17, 15) is 0 Å². The maximum Gasteiger partial charge on any atom is 0.142 e. The number of hydrogen-bond donors (Lipinski definition) is 1. The molecule has 0 radical (unpaired) electrons. The lowest BCUT2D eigenvalue weighted by Gasteiger charge is -2.34. The van der Waals surface area contributed by atoms with Crippen LogP contribution in [0.5, 0.6) is 11.5 Å². The molecule has 4 heteroatoms. The van der Waals surface area contributed by atoms with Crippen molar-refractivity contribution in [3.63, 3.8) is 0 Å². The molecule has 0 spiro atoms. The number of quaternary nitrogens is 1. The zero-order chi connectivity index (χ0) is 17.5. The van der Waals surface area contributed by atoms with E-state index < -0.39 is 0 Å². The van der Waals surface area contributed by atoms with Crippen LogP contribution in [0, 0.1) is 0 Å². The fourth-order valence-electron chi connectivity index (χ4n) is 3.40. The van der Waals surface area contributed by atoms with Gasteiger partial charge in [0.15, 0.2) is 0 Å². The molecule has 134 valence electrons. The van der Waals surface area contributed by atoms with Crippen molar-refractivity contribution in [2.24, 2.45) is 0 Å². The SMILES string of the molecule is CCOc1ccc(C[NH+]2CCN(c3ccccc3OCC)CC2)cc1. The van der Waals surface area contributed by atoms with Gasteiger partial charge in [-0.05, 0) is 50.2 Å². The zero-order valence-electron chi connectivity index (χ0n) is 15.3. The minimum absolute atomic E-state index is 0.708. The van der Waals surface area contributed by atoms with E-state index >= 15 is 0 Å². The fourth-order valence-corrected chi connectivity index (χ4v) is 3.40. The minimum Gasteiger partial charge on any atom is -0.494 e. The van der Waals surface area contributed by atoms with E-state index in [1.807, 2.05) is 19.9 Å². The first-order valence-corrected chi connectivity index (χ1v) is 9.32. The number of benzene rings is 2. The Morgan fingerprint density at radius 2 is 1.56 bits per heavy atom. The smallest absolute Gasteiger partial charge is 0.142 e. The van der Waals surface area contributed by atoms with Crippen molar-refractivity contribution < 1.29 is 14.4 Å². The summed E-state index contributed by atoms with van der Waals surface area (Å²) in [5, 5.41) is 0. The fraction of sp³-hybridized carbons (Fsp3) is 0.429. The second-order valence-electron chi connectivity index (χ2n) is 6.39. The first-order chi connectivity index (χ1) is 12.3. The molecule has 1 fully saturated rings. The van der Waals surface area contributed by atoms with Crippen LogP contribution in [-0.2, 0) is 6.54 Å². The molecule has 1 heterocycles. The van der Waals surface area contributed by atoms with Crippen LogP contribution >= 0.6 is 0 Å². The van der Waals surface area contributed by atoms with E-state index in [2.05, 4.69) is 47.4 Å². The second kappa shape index (κ2) is 8.77. The van der Waals surface area contributed by atoms with Crippen molar-refractivity contribution in [3.05, 3.63) is 54.1 Å². The minimum atomic E-state index is 0.708. The number of para-hydroxylation sites is 2.